The summed E-state index contributed by atoms with van der Waals surface area (Å²) in [6, 6.07) is 15.4. The molecule has 3 aromatic rings. The van der Waals surface area contributed by atoms with Gasteiger partial charge in [0, 0.05) is 44.5 Å². The molecule has 1 atom stereocenters. The number of hydrogen-bond acceptors (Lipinski definition) is 8. The summed E-state index contributed by atoms with van der Waals surface area (Å²) in [7, 11) is 3.58. The zero-order valence-corrected chi connectivity index (χ0v) is 18.8. The molecule has 4 rings (SSSR count). The highest BCUT2D eigenvalue weighted by Gasteiger charge is 2.32. The van der Waals surface area contributed by atoms with Crippen molar-refractivity contribution in [2.45, 2.75) is 18.8 Å². The average molecular weight is 452 g/mol. The standard InChI is InChI=1S/C24H29N5O4/c1-28(15-19(30)12-26-24(31)33-16-17-6-4-3-5-7-17)18-13-29(14-18)21-10-11-25-20-8-9-22(32-2)27-23(20)21/h3-11,18-19,30H,12-16H2,1-2H3,(H,26,31)/t19-/m0/s1. The minimum Gasteiger partial charge on any atom is -0.481 e. The van der Waals surface area contributed by atoms with Crippen LogP contribution in [-0.4, -0.2) is 78.5 Å². The van der Waals surface area contributed by atoms with E-state index in [9.17, 15) is 9.90 Å². The van der Waals surface area contributed by atoms with Crippen molar-refractivity contribution >= 4 is 22.8 Å². The third-order valence-corrected chi connectivity index (χ3v) is 5.77. The van der Waals surface area contributed by atoms with Crippen LogP contribution in [-0.2, 0) is 11.3 Å². The van der Waals surface area contributed by atoms with E-state index in [2.05, 4.69) is 25.1 Å². The van der Waals surface area contributed by atoms with Gasteiger partial charge in [0.15, 0.2) is 0 Å². The molecule has 0 aliphatic carbocycles. The molecule has 0 unspecified atom stereocenters. The molecule has 2 N–H and O–H groups in total. The largest absolute Gasteiger partial charge is 0.481 e. The van der Waals surface area contributed by atoms with Gasteiger partial charge in [-0.3, -0.25) is 9.88 Å². The van der Waals surface area contributed by atoms with E-state index in [0.29, 0.717) is 18.5 Å². The van der Waals surface area contributed by atoms with Crippen LogP contribution >= 0.6 is 0 Å². The maximum absolute atomic E-state index is 11.9. The highest BCUT2D eigenvalue weighted by molar-refractivity contribution is 5.88. The Bertz CT molecular complexity index is 1070. The Hall–Kier alpha value is -3.43. The second-order valence-electron chi connectivity index (χ2n) is 8.15. The number of amides is 1. The fraction of sp³-hybridized carbons (Fsp3) is 0.375. The number of ether oxygens (including phenoxy) is 2. The number of fused-ring (bicyclic) bond motifs is 1. The molecule has 0 spiro atoms. The van der Waals surface area contributed by atoms with Gasteiger partial charge in [0.2, 0.25) is 5.88 Å². The van der Waals surface area contributed by atoms with E-state index in [4.69, 9.17) is 9.47 Å². The number of aliphatic hydroxyl groups excluding tert-OH is 1. The van der Waals surface area contributed by atoms with Crippen LogP contribution in [0.2, 0.25) is 0 Å². The van der Waals surface area contributed by atoms with Gasteiger partial charge in [0.1, 0.15) is 12.1 Å². The summed E-state index contributed by atoms with van der Waals surface area (Å²) in [4.78, 5) is 25.2. The first kappa shape index (κ1) is 22.8. The highest BCUT2D eigenvalue weighted by Crippen LogP contribution is 2.30. The smallest absolute Gasteiger partial charge is 0.407 e. The highest BCUT2D eigenvalue weighted by atomic mass is 16.5. The zero-order chi connectivity index (χ0) is 23.2. The van der Waals surface area contributed by atoms with Gasteiger partial charge in [-0.1, -0.05) is 30.3 Å². The van der Waals surface area contributed by atoms with Gasteiger partial charge < -0.3 is 24.8 Å². The van der Waals surface area contributed by atoms with Crippen molar-refractivity contribution in [3.8, 4) is 5.88 Å². The van der Waals surface area contributed by atoms with Gasteiger partial charge in [-0.25, -0.2) is 9.78 Å². The summed E-state index contributed by atoms with van der Waals surface area (Å²) in [5.41, 5.74) is 3.58. The van der Waals surface area contributed by atoms with Crippen molar-refractivity contribution in [3.05, 3.63) is 60.3 Å². The van der Waals surface area contributed by atoms with Crippen LogP contribution < -0.4 is 15.0 Å². The number of aromatic nitrogens is 2. The van der Waals surface area contributed by atoms with E-state index in [-0.39, 0.29) is 13.2 Å². The molecular formula is C24H29N5O4. The van der Waals surface area contributed by atoms with E-state index in [0.717, 1.165) is 35.4 Å². The van der Waals surface area contributed by atoms with Crippen LogP contribution in [0.4, 0.5) is 10.5 Å². The minimum atomic E-state index is -0.694. The summed E-state index contributed by atoms with van der Waals surface area (Å²) >= 11 is 0. The van der Waals surface area contributed by atoms with Crippen LogP contribution in [0.25, 0.3) is 11.0 Å². The fourth-order valence-corrected chi connectivity index (χ4v) is 3.81. The van der Waals surface area contributed by atoms with Gasteiger partial charge in [0.25, 0.3) is 0 Å². The fourth-order valence-electron chi connectivity index (χ4n) is 3.81. The SMILES string of the molecule is COc1ccc2nccc(N3CC(N(C)C[C@@H](O)CNC(=O)OCc4ccccc4)C3)c2n1. The number of aliphatic hydroxyl groups is 1. The van der Waals surface area contributed by atoms with E-state index < -0.39 is 12.2 Å². The summed E-state index contributed by atoms with van der Waals surface area (Å²) in [5, 5.41) is 13.0. The Morgan fingerprint density at radius 1 is 1.24 bits per heavy atom. The lowest BCUT2D eigenvalue weighted by atomic mass is 10.1. The number of nitrogens with one attached hydrogen (secondary N) is 1. The maximum atomic E-state index is 11.9. The molecule has 9 nitrogen and oxygen atoms in total. The summed E-state index contributed by atoms with van der Waals surface area (Å²) in [6.07, 6.45) is 0.554. The molecule has 1 saturated heterocycles. The predicted octanol–water partition coefficient (Wildman–Crippen LogP) is 2.05. The van der Waals surface area contributed by atoms with Crippen LogP contribution in [0.15, 0.2) is 54.7 Å². The first-order valence-electron chi connectivity index (χ1n) is 10.9. The number of anilines is 1. The van der Waals surface area contributed by atoms with E-state index in [1.165, 1.54) is 0 Å². The van der Waals surface area contributed by atoms with Crippen LogP contribution in [0, 0.1) is 0 Å². The molecule has 33 heavy (non-hydrogen) atoms. The molecule has 0 saturated carbocycles. The quantitative estimate of drug-likeness (QED) is 0.510. The first-order chi connectivity index (χ1) is 16.0. The normalized spacial score (nSPS) is 14.7. The molecular weight excluding hydrogens is 422 g/mol. The number of likely N-dealkylation sites (N-methyl/N-ethyl adjacent to an activating group) is 1. The average Bonchev–Trinajstić information content (AvgIpc) is 2.81. The van der Waals surface area contributed by atoms with Gasteiger partial charge in [-0.05, 0) is 24.7 Å². The molecule has 1 amide bonds. The van der Waals surface area contributed by atoms with Gasteiger partial charge in [0.05, 0.1) is 24.4 Å². The second kappa shape index (κ2) is 10.5. The number of carbonyl (C=O) groups is 1. The van der Waals surface area contributed by atoms with Crippen molar-refractivity contribution in [2.75, 3.05) is 45.2 Å². The van der Waals surface area contributed by atoms with Crippen molar-refractivity contribution in [1.82, 2.24) is 20.2 Å². The van der Waals surface area contributed by atoms with Crippen molar-refractivity contribution in [3.63, 3.8) is 0 Å². The third kappa shape index (κ3) is 5.68. The van der Waals surface area contributed by atoms with Gasteiger partial charge in [-0.2, -0.15) is 0 Å². The van der Waals surface area contributed by atoms with Crippen molar-refractivity contribution < 1.29 is 19.4 Å². The molecule has 0 radical (unpaired) electrons. The number of rotatable bonds is 9. The second-order valence-corrected chi connectivity index (χ2v) is 8.15. The zero-order valence-electron chi connectivity index (χ0n) is 18.8. The van der Waals surface area contributed by atoms with E-state index >= 15 is 0 Å². The predicted molar refractivity (Wildman–Crippen MR) is 125 cm³/mol. The molecule has 1 fully saturated rings. The van der Waals surface area contributed by atoms with E-state index in [1.807, 2.05) is 49.5 Å². The van der Waals surface area contributed by atoms with Crippen LogP contribution in [0.3, 0.4) is 0 Å². The number of pyridine rings is 2. The number of hydrogen-bond donors (Lipinski definition) is 2. The molecule has 3 heterocycles. The molecule has 9 heteroatoms. The lowest BCUT2D eigenvalue weighted by Crippen LogP contribution is -2.60. The van der Waals surface area contributed by atoms with Crippen molar-refractivity contribution in [1.29, 1.82) is 0 Å². The number of alkyl carbamates (subject to hydrolysis) is 1. The molecule has 1 aromatic carbocycles. The Morgan fingerprint density at radius 2 is 2.03 bits per heavy atom. The molecule has 2 aromatic heterocycles. The lowest BCUT2D eigenvalue weighted by Gasteiger charge is -2.46. The first-order valence-corrected chi connectivity index (χ1v) is 10.9. The van der Waals surface area contributed by atoms with Gasteiger partial charge >= 0.3 is 6.09 Å². The van der Waals surface area contributed by atoms with Gasteiger partial charge in [-0.15, -0.1) is 0 Å². The topological polar surface area (TPSA) is 100 Å². The Kier molecular flexibility index (Phi) is 7.21. The molecule has 1 aliphatic heterocycles. The number of carbonyl (C=O) groups excluding carboxylic acids is 1. The van der Waals surface area contributed by atoms with Crippen molar-refractivity contribution in [2.24, 2.45) is 0 Å². The maximum Gasteiger partial charge on any atom is 0.407 e. The van der Waals surface area contributed by atoms with Crippen LogP contribution in [0.1, 0.15) is 5.56 Å². The Balaban J connectivity index is 1.22. The molecule has 1 aliphatic rings. The molecule has 174 valence electrons. The van der Waals surface area contributed by atoms with E-state index in [1.54, 1.807) is 19.4 Å². The Labute approximate surface area is 193 Å². The van der Waals surface area contributed by atoms with Crippen LogP contribution in [0.5, 0.6) is 5.88 Å². The third-order valence-electron chi connectivity index (χ3n) is 5.77. The number of methoxy groups -OCH3 is 1. The number of benzene rings is 1. The Morgan fingerprint density at radius 3 is 2.79 bits per heavy atom. The monoisotopic (exact) mass is 451 g/mol. The summed E-state index contributed by atoms with van der Waals surface area (Å²) < 4.78 is 10.4. The molecule has 0 bridgehead atoms. The number of nitrogens with zero attached hydrogens (tertiary/aromatic N) is 4. The summed E-state index contributed by atoms with van der Waals surface area (Å²) in [6.45, 7) is 2.40. The lowest BCUT2D eigenvalue weighted by molar-refractivity contribution is 0.0878. The minimum absolute atomic E-state index is 0.132. The summed E-state index contributed by atoms with van der Waals surface area (Å²) in [5.74, 6) is 0.559.